The number of anilines is 1. The largest absolute Gasteiger partial charge is 0.394 e. The summed E-state index contributed by atoms with van der Waals surface area (Å²) in [5.74, 6) is 0.292. The number of nitrogens with zero attached hydrogens (tertiary/aromatic N) is 1. The Morgan fingerprint density at radius 1 is 1.38 bits per heavy atom. The van der Waals surface area contributed by atoms with E-state index in [1.54, 1.807) is 12.1 Å². The molecule has 0 saturated heterocycles. The SMILES string of the molecule is CC(C)[C@@H](CO)Nc1ccc([N+](=O)[O-])cc1. The Hall–Kier alpha value is -1.62. The molecule has 0 bridgehead atoms. The maximum Gasteiger partial charge on any atom is 0.269 e. The smallest absolute Gasteiger partial charge is 0.269 e. The standard InChI is InChI=1S/C11H16N2O3/c1-8(2)11(7-14)12-9-3-5-10(6-4-9)13(15)16/h3-6,8,11-12,14H,7H2,1-2H3/t11-/m1/s1. The van der Waals surface area contributed by atoms with Crippen LogP contribution in [0.15, 0.2) is 24.3 Å². The van der Waals surface area contributed by atoms with Gasteiger partial charge in [0.1, 0.15) is 0 Å². The summed E-state index contributed by atoms with van der Waals surface area (Å²) in [7, 11) is 0. The predicted octanol–water partition coefficient (Wildman–Crippen LogP) is 2.02. The van der Waals surface area contributed by atoms with Gasteiger partial charge >= 0.3 is 0 Å². The summed E-state index contributed by atoms with van der Waals surface area (Å²) in [5, 5.41) is 22.7. The summed E-state index contributed by atoms with van der Waals surface area (Å²) >= 11 is 0. The average Bonchev–Trinajstić information content (AvgIpc) is 2.26. The van der Waals surface area contributed by atoms with E-state index < -0.39 is 4.92 Å². The van der Waals surface area contributed by atoms with E-state index in [2.05, 4.69) is 5.32 Å². The lowest BCUT2D eigenvalue weighted by Gasteiger charge is -2.20. The molecule has 88 valence electrons. The molecule has 0 aliphatic carbocycles. The molecule has 0 saturated carbocycles. The first kappa shape index (κ1) is 12.4. The molecule has 0 aliphatic rings. The Balaban J connectivity index is 2.71. The summed E-state index contributed by atoms with van der Waals surface area (Å²) in [4.78, 5) is 10.0. The Morgan fingerprint density at radius 2 is 1.94 bits per heavy atom. The fourth-order valence-corrected chi connectivity index (χ4v) is 1.32. The summed E-state index contributed by atoms with van der Waals surface area (Å²) < 4.78 is 0. The molecule has 0 heterocycles. The number of benzene rings is 1. The second-order valence-electron chi connectivity index (χ2n) is 3.98. The van der Waals surface area contributed by atoms with Crippen molar-refractivity contribution in [2.75, 3.05) is 11.9 Å². The molecule has 1 aromatic rings. The molecule has 16 heavy (non-hydrogen) atoms. The van der Waals surface area contributed by atoms with Crippen LogP contribution in [-0.2, 0) is 0 Å². The lowest BCUT2D eigenvalue weighted by molar-refractivity contribution is -0.384. The zero-order valence-corrected chi connectivity index (χ0v) is 9.38. The summed E-state index contributed by atoms with van der Waals surface area (Å²) in [5.41, 5.74) is 0.842. The van der Waals surface area contributed by atoms with Crippen molar-refractivity contribution < 1.29 is 10.0 Å². The van der Waals surface area contributed by atoms with Gasteiger partial charge < -0.3 is 10.4 Å². The maximum atomic E-state index is 10.4. The van der Waals surface area contributed by atoms with Gasteiger partial charge in [-0.25, -0.2) is 0 Å². The Labute approximate surface area is 94.3 Å². The van der Waals surface area contributed by atoms with E-state index in [1.165, 1.54) is 12.1 Å². The zero-order chi connectivity index (χ0) is 12.1. The molecule has 0 amide bonds. The molecule has 0 aliphatic heterocycles. The van der Waals surface area contributed by atoms with Crippen molar-refractivity contribution in [1.82, 2.24) is 0 Å². The van der Waals surface area contributed by atoms with Crippen LogP contribution in [-0.4, -0.2) is 22.7 Å². The molecule has 1 aromatic carbocycles. The first-order chi connectivity index (χ1) is 7.54. The molecule has 0 aromatic heterocycles. The van der Waals surface area contributed by atoms with Crippen LogP contribution in [0.4, 0.5) is 11.4 Å². The van der Waals surface area contributed by atoms with Gasteiger partial charge in [-0.15, -0.1) is 0 Å². The number of hydrogen-bond acceptors (Lipinski definition) is 4. The minimum absolute atomic E-state index is 0.0364. The van der Waals surface area contributed by atoms with Crippen LogP contribution in [0, 0.1) is 16.0 Å². The van der Waals surface area contributed by atoms with Gasteiger partial charge in [0.05, 0.1) is 17.6 Å². The number of nitro groups is 1. The van der Waals surface area contributed by atoms with Crippen LogP contribution in [0.5, 0.6) is 0 Å². The van der Waals surface area contributed by atoms with Gasteiger partial charge in [0, 0.05) is 17.8 Å². The lowest BCUT2D eigenvalue weighted by atomic mass is 10.1. The molecule has 0 spiro atoms. The monoisotopic (exact) mass is 224 g/mol. The van der Waals surface area contributed by atoms with Gasteiger partial charge in [-0.05, 0) is 18.1 Å². The highest BCUT2D eigenvalue weighted by atomic mass is 16.6. The first-order valence-electron chi connectivity index (χ1n) is 5.16. The Morgan fingerprint density at radius 3 is 2.31 bits per heavy atom. The summed E-state index contributed by atoms with van der Waals surface area (Å²) in [6, 6.07) is 6.13. The van der Waals surface area contributed by atoms with Gasteiger partial charge in [-0.1, -0.05) is 13.8 Å². The molecule has 0 unspecified atom stereocenters. The molecular formula is C11H16N2O3. The number of rotatable bonds is 5. The van der Waals surface area contributed by atoms with Gasteiger partial charge in [-0.2, -0.15) is 0 Å². The van der Waals surface area contributed by atoms with Crippen molar-refractivity contribution in [3.05, 3.63) is 34.4 Å². The summed E-state index contributed by atoms with van der Waals surface area (Å²) in [6.45, 7) is 4.03. The zero-order valence-electron chi connectivity index (χ0n) is 9.38. The van der Waals surface area contributed by atoms with E-state index in [4.69, 9.17) is 5.11 Å². The Bertz CT molecular complexity index is 349. The normalized spacial score (nSPS) is 12.5. The van der Waals surface area contributed by atoms with Gasteiger partial charge in [0.15, 0.2) is 0 Å². The van der Waals surface area contributed by atoms with Crippen molar-refractivity contribution in [3.63, 3.8) is 0 Å². The Kier molecular flexibility index (Phi) is 4.25. The predicted molar refractivity (Wildman–Crippen MR) is 62.4 cm³/mol. The highest BCUT2D eigenvalue weighted by Gasteiger charge is 2.12. The number of nitro benzene ring substituents is 1. The third kappa shape index (κ3) is 3.20. The van der Waals surface area contributed by atoms with E-state index in [1.807, 2.05) is 13.8 Å². The van der Waals surface area contributed by atoms with Crippen molar-refractivity contribution >= 4 is 11.4 Å². The first-order valence-corrected chi connectivity index (χ1v) is 5.16. The van der Waals surface area contributed by atoms with Crippen LogP contribution in [0.1, 0.15) is 13.8 Å². The molecule has 0 fully saturated rings. The van der Waals surface area contributed by atoms with E-state index in [0.717, 1.165) is 5.69 Å². The molecule has 2 N–H and O–H groups in total. The molecule has 5 nitrogen and oxygen atoms in total. The highest BCUT2D eigenvalue weighted by molar-refractivity contribution is 5.49. The molecule has 0 radical (unpaired) electrons. The quantitative estimate of drug-likeness (QED) is 0.592. The topological polar surface area (TPSA) is 75.4 Å². The number of non-ortho nitro benzene ring substituents is 1. The molecule has 1 atom stereocenters. The van der Waals surface area contributed by atoms with Crippen LogP contribution < -0.4 is 5.32 Å². The van der Waals surface area contributed by atoms with Crippen molar-refractivity contribution in [2.24, 2.45) is 5.92 Å². The van der Waals surface area contributed by atoms with E-state index in [-0.39, 0.29) is 18.3 Å². The minimum atomic E-state index is -0.435. The van der Waals surface area contributed by atoms with Crippen LogP contribution in [0.2, 0.25) is 0 Å². The molecular weight excluding hydrogens is 208 g/mol. The van der Waals surface area contributed by atoms with E-state index in [9.17, 15) is 10.1 Å². The van der Waals surface area contributed by atoms with Crippen molar-refractivity contribution in [3.8, 4) is 0 Å². The molecule has 5 heteroatoms. The van der Waals surface area contributed by atoms with E-state index in [0.29, 0.717) is 5.92 Å². The van der Waals surface area contributed by atoms with Crippen molar-refractivity contribution in [1.29, 1.82) is 0 Å². The lowest BCUT2D eigenvalue weighted by Crippen LogP contribution is -2.29. The third-order valence-electron chi connectivity index (χ3n) is 2.43. The number of aliphatic hydroxyl groups excluding tert-OH is 1. The maximum absolute atomic E-state index is 10.4. The van der Waals surface area contributed by atoms with Gasteiger partial charge in [0.25, 0.3) is 5.69 Å². The number of hydrogen-bond donors (Lipinski definition) is 2. The van der Waals surface area contributed by atoms with Gasteiger partial charge in [-0.3, -0.25) is 10.1 Å². The van der Waals surface area contributed by atoms with Crippen molar-refractivity contribution in [2.45, 2.75) is 19.9 Å². The van der Waals surface area contributed by atoms with Crippen LogP contribution in [0.3, 0.4) is 0 Å². The molecule has 1 rings (SSSR count). The highest BCUT2D eigenvalue weighted by Crippen LogP contribution is 2.17. The second-order valence-corrected chi connectivity index (χ2v) is 3.98. The van der Waals surface area contributed by atoms with E-state index >= 15 is 0 Å². The third-order valence-corrected chi connectivity index (χ3v) is 2.43. The fraction of sp³-hybridized carbons (Fsp3) is 0.455. The summed E-state index contributed by atoms with van der Waals surface area (Å²) in [6.07, 6.45) is 0. The van der Waals surface area contributed by atoms with Crippen LogP contribution >= 0.6 is 0 Å². The van der Waals surface area contributed by atoms with Crippen LogP contribution in [0.25, 0.3) is 0 Å². The number of nitrogens with one attached hydrogen (secondary N) is 1. The minimum Gasteiger partial charge on any atom is -0.394 e. The number of aliphatic hydroxyl groups is 1. The second kappa shape index (κ2) is 5.46. The average molecular weight is 224 g/mol. The van der Waals surface area contributed by atoms with Gasteiger partial charge in [0.2, 0.25) is 0 Å². The fourth-order valence-electron chi connectivity index (χ4n) is 1.32.